The molecule has 1 aliphatic rings. The van der Waals surface area contributed by atoms with Crippen molar-refractivity contribution in [3.05, 3.63) is 42.6 Å². The third-order valence-corrected chi connectivity index (χ3v) is 5.76. The lowest BCUT2D eigenvalue weighted by Gasteiger charge is -2.25. The molecule has 2 aromatic rings. The molecule has 0 amide bonds. The molecule has 0 spiro atoms. The maximum absolute atomic E-state index is 12.6. The second-order valence-electron chi connectivity index (χ2n) is 5.39. The van der Waals surface area contributed by atoms with E-state index in [1.54, 1.807) is 40.7 Å². The van der Waals surface area contributed by atoms with Gasteiger partial charge >= 0.3 is 0 Å². The summed E-state index contributed by atoms with van der Waals surface area (Å²) in [5.41, 5.74) is 1.51. The maximum Gasteiger partial charge on any atom is 0.243 e. The molecule has 22 heavy (non-hydrogen) atoms. The van der Waals surface area contributed by atoms with Crippen molar-refractivity contribution in [3.8, 4) is 17.0 Å². The summed E-state index contributed by atoms with van der Waals surface area (Å²) in [7, 11) is -3.39. The Hall–Kier alpha value is -1.92. The van der Waals surface area contributed by atoms with E-state index in [0.717, 1.165) is 24.8 Å². The number of rotatable bonds is 3. The lowest BCUT2D eigenvalue weighted by atomic mass is 10.1. The number of sulfonamides is 1. The Bertz CT molecular complexity index is 734. The van der Waals surface area contributed by atoms with E-state index in [1.165, 1.54) is 6.20 Å². The second-order valence-corrected chi connectivity index (χ2v) is 7.33. The molecule has 0 saturated carbocycles. The van der Waals surface area contributed by atoms with E-state index in [0.29, 0.717) is 23.7 Å². The molecule has 1 N–H and O–H groups in total. The number of hydrogen-bond acceptors (Lipinski definition) is 4. The third kappa shape index (κ3) is 2.98. The molecule has 1 aromatic heterocycles. The first-order chi connectivity index (χ1) is 10.6. The van der Waals surface area contributed by atoms with E-state index in [1.807, 2.05) is 0 Å². The Morgan fingerprint density at radius 3 is 2.23 bits per heavy atom. The summed E-state index contributed by atoms with van der Waals surface area (Å²) in [5, 5.41) is 9.25. The van der Waals surface area contributed by atoms with Crippen molar-refractivity contribution < 1.29 is 13.5 Å². The van der Waals surface area contributed by atoms with Crippen LogP contribution in [0.2, 0.25) is 0 Å². The molecule has 1 saturated heterocycles. The molecule has 6 heteroatoms. The van der Waals surface area contributed by atoms with E-state index in [9.17, 15) is 13.5 Å². The fraction of sp³-hybridized carbons (Fsp3) is 0.312. The first kappa shape index (κ1) is 15.0. The molecule has 5 nitrogen and oxygen atoms in total. The molecule has 1 aromatic carbocycles. The summed E-state index contributed by atoms with van der Waals surface area (Å²) in [6, 6.07) is 9.98. The summed E-state index contributed by atoms with van der Waals surface area (Å²) < 4.78 is 26.7. The summed E-state index contributed by atoms with van der Waals surface area (Å²) in [5.74, 6) is 0.105. The van der Waals surface area contributed by atoms with Crippen molar-refractivity contribution in [2.45, 2.75) is 24.2 Å². The first-order valence-electron chi connectivity index (χ1n) is 7.33. The molecule has 0 radical (unpaired) electrons. The summed E-state index contributed by atoms with van der Waals surface area (Å²) >= 11 is 0. The van der Waals surface area contributed by atoms with Gasteiger partial charge in [-0.25, -0.2) is 8.42 Å². The highest BCUT2D eigenvalue weighted by atomic mass is 32.2. The summed E-state index contributed by atoms with van der Waals surface area (Å²) in [6.07, 6.45) is 4.31. The van der Waals surface area contributed by atoms with Gasteiger partial charge in [-0.1, -0.05) is 18.6 Å². The van der Waals surface area contributed by atoms with Crippen LogP contribution in [-0.4, -0.2) is 35.9 Å². The Kier molecular flexibility index (Phi) is 4.13. The average Bonchev–Trinajstić information content (AvgIpc) is 2.56. The fourth-order valence-corrected chi connectivity index (χ4v) is 4.13. The van der Waals surface area contributed by atoms with Gasteiger partial charge in [-0.05, 0) is 37.1 Å². The number of pyridine rings is 1. The van der Waals surface area contributed by atoms with Gasteiger partial charge in [0.05, 0.1) is 16.8 Å². The van der Waals surface area contributed by atoms with Gasteiger partial charge in [0.2, 0.25) is 10.0 Å². The monoisotopic (exact) mass is 318 g/mol. The normalized spacial score (nSPS) is 16.5. The molecular weight excluding hydrogens is 300 g/mol. The van der Waals surface area contributed by atoms with Crippen LogP contribution in [0.15, 0.2) is 47.5 Å². The average molecular weight is 318 g/mol. The highest BCUT2D eigenvalue weighted by Gasteiger charge is 2.25. The van der Waals surface area contributed by atoms with Gasteiger partial charge in [0.25, 0.3) is 0 Å². The number of hydrogen-bond donors (Lipinski definition) is 1. The minimum atomic E-state index is -3.39. The minimum absolute atomic E-state index is 0.105. The number of benzene rings is 1. The SMILES string of the molecule is O=S(=O)(c1ccc(-c2ccc(O)cn2)cc1)N1CCCCC1. The van der Waals surface area contributed by atoms with Crippen LogP contribution in [0.5, 0.6) is 5.75 Å². The molecule has 116 valence electrons. The van der Waals surface area contributed by atoms with Crippen LogP contribution in [0.4, 0.5) is 0 Å². The molecule has 0 unspecified atom stereocenters. The van der Waals surface area contributed by atoms with E-state index in [2.05, 4.69) is 4.98 Å². The molecule has 0 atom stereocenters. The fourth-order valence-electron chi connectivity index (χ4n) is 2.61. The van der Waals surface area contributed by atoms with E-state index >= 15 is 0 Å². The summed E-state index contributed by atoms with van der Waals surface area (Å²) in [4.78, 5) is 4.44. The molecular formula is C16H18N2O3S. The standard InChI is InChI=1S/C16H18N2O3S/c19-14-6-9-16(17-12-14)13-4-7-15(8-5-13)22(20,21)18-10-2-1-3-11-18/h4-9,12,19H,1-3,10-11H2. The molecule has 0 aliphatic carbocycles. The van der Waals surface area contributed by atoms with Crippen molar-refractivity contribution >= 4 is 10.0 Å². The quantitative estimate of drug-likeness (QED) is 0.944. The molecule has 3 rings (SSSR count). The Morgan fingerprint density at radius 1 is 0.955 bits per heavy atom. The maximum atomic E-state index is 12.6. The van der Waals surface area contributed by atoms with Gasteiger partial charge in [-0.3, -0.25) is 4.98 Å². The van der Waals surface area contributed by atoms with Crippen LogP contribution in [0.3, 0.4) is 0 Å². The van der Waals surface area contributed by atoms with E-state index in [4.69, 9.17) is 0 Å². The van der Waals surface area contributed by atoms with Gasteiger partial charge in [0.1, 0.15) is 5.75 Å². The number of aromatic hydroxyl groups is 1. The van der Waals surface area contributed by atoms with Gasteiger partial charge in [-0.15, -0.1) is 0 Å². The van der Waals surface area contributed by atoms with Crippen molar-refractivity contribution in [2.75, 3.05) is 13.1 Å². The van der Waals surface area contributed by atoms with E-state index in [-0.39, 0.29) is 5.75 Å². The first-order valence-corrected chi connectivity index (χ1v) is 8.77. The van der Waals surface area contributed by atoms with Crippen LogP contribution < -0.4 is 0 Å². The van der Waals surface area contributed by atoms with Crippen molar-refractivity contribution in [2.24, 2.45) is 0 Å². The van der Waals surface area contributed by atoms with Crippen LogP contribution in [0.25, 0.3) is 11.3 Å². The van der Waals surface area contributed by atoms with Gasteiger partial charge in [-0.2, -0.15) is 4.31 Å². The van der Waals surface area contributed by atoms with Crippen LogP contribution in [0.1, 0.15) is 19.3 Å². The molecule has 1 aliphatic heterocycles. The van der Waals surface area contributed by atoms with Gasteiger partial charge in [0, 0.05) is 18.7 Å². The van der Waals surface area contributed by atoms with Crippen LogP contribution in [0, 0.1) is 0 Å². The predicted molar refractivity (Wildman–Crippen MR) is 83.9 cm³/mol. The molecule has 0 bridgehead atoms. The third-order valence-electron chi connectivity index (χ3n) is 3.85. The zero-order chi connectivity index (χ0) is 15.6. The zero-order valence-electron chi connectivity index (χ0n) is 12.1. The lowest BCUT2D eigenvalue weighted by Crippen LogP contribution is -2.35. The van der Waals surface area contributed by atoms with Crippen LogP contribution in [-0.2, 0) is 10.0 Å². The lowest BCUT2D eigenvalue weighted by molar-refractivity contribution is 0.346. The minimum Gasteiger partial charge on any atom is -0.506 e. The number of aromatic nitrogens is 1. The predicted octanol–water partition coefficient (Wildman–Crippen LogP) is 2.63. The number of nitrogens with zero attached hydrogens (tertiary/aromatic N) is 2. The smallest absolute Gasteiger partial charge is 0.243 e. The Morgan fingerprint density at radius 2 is 1.64 bits per heavy atom. The largest absolute Gasteiger partial charge is 0.506 e. The van der Waals surface area contributed by atoms with Crippen molar-refractivity contribution in [3.63, 3.8) is 0 Å². The van der Waals surface area contributed by atoms with Crippen molar-refractivity contribution in [1.29, 1.82) is 0 Å². The summed E-state index contributed by atoms with van der Waals surface area (Å²) in [6.45, 7) is 1.20. The van der Waals surface area contributed by atoms with E-state index < -0.39 is 10.0 Å². The highest BCUT2D eigenvalue weighted by Crippen LogP contribution is 2.24. The van der Waals surface area contributed by atoms with Crippen LogP contribution >= 0.6 is 0 Å². The topological polar surface area (TPSA) is 70.5 Å². The zero-order valence-corrected chi connectivity index (χ0v) is 13.0. The molecule has 2 heterocycles. The Balaban J connectivity index is 1.86. The highest BCUT2D eigenvalue weighted by molar-refractivity contribution is 7.89. The Labute approximate surface area is 130 Å². The number of piperidine rings is 1. The van der Waals surface area contributed by atoms with Gasteiger partial charge in [0.15, 0.2) is 0 Å². The second kappa shape index (κ2) is 6.06. The van der Waals surface area contributed by atoms with Crippen molar-refractivity contribution in [1.82, 2.24) is 9.29 Å². The van der Waals surface area contributed by atoms with Gasteiger partial charge < -0.3 is 5.11 Å². The molecule has 1 fully saturated rings.